The fourth-order valence-electron chi connectivity index (χ4n) is 0.393. The Labute approximate surface area is 68.3 Å². The van der Waals surface area contributed by atoms with Crippen LogP contribution in [0.25, 0.3) is 0 Å². The van der Waals surface area contributed by atoms with E-state index in [1.165, 1.54) is 0 Å². The minimum atomic E-state index is -3.80. The zero-order chi connectivity index (χ0) is 9.12. The summed E-state index contributed by atoms with van der Waals surface area (Å²) < 4.78 is 36.0. The Kier molecular flexibility index (Phi) is 3.74. The molecule has 0 aliphatic heterocycles. The van der Waals surface area contributed by atoms with Crippen LogP contribution in [0, 0.1) is 4.96 Å². The molecule has 7 heteroatoms. The van der Waals surface area contributed by atoms with Crippen molar-refractivity contribution in [3.05, 3.63) is 0 Å². The second kappa shape index (κ2) is 3.69. The molecule has 0 atom stereocenters. The van der Waals surface area contributed by atoms with Gasteiger partial charge in [0, 0.05) is 0 Å². The van der Waals surface area contributed by atoms with Crippen LogP contribution in [0.2, 0.25) is 19.6 Å². The summed E-state index contributed by atoms with van der Waals surface area (Å²) >= 11 is 0. The summed E-state index contributed by atoms with van der Waals surface area (Å²) in [5.74, 6) is 0. The van der Waals surface area contributed by atoms with Gasteiger partial charge in [-0.3, -0.25) is 0 Å². The van der Waals surface area contributed by atoms with Gasteiger partial charge in [0.25, 0.3) is 0 Å². The molecule has 0 aromatic rings. The molecular formula is C4H9O4PSSi. The SMILES string of the molecule is C[Si](C)(C)OS(=O)(=O)C#P=O. The zero-order valence-electron chi connectivity index (χ0n) is 6.49. The second-order valence-corrected chi connectivity index (χ2v) is 9.54. The van der Waals surface area contributed by atoms with Gasteiger partial charge in [0.15, 0.2) is 0 Å². The molecule has 64 valence electrons. The standard InChI is InChI=1S/C4H9O4PSSi/c1-11(2,3)8-10(6,7)4-9-5/h1-3H3. The first kappa shape index (κ1) is 11.1. The van der Waals surface area contributed by atoms with Crippen LogP contribution in [0.5, 0.6) is 0 Å². The van der Waals surface area contributed by atoms with Crippen molar-refractivity contribution in [2.45, 2.75) is 19.6 Å². The quantitative estimate of drug-likeness (QED) is 0.512. The molecule has 4 nitrogen and oxygen atoms in total. The average molecular weight is 212 g/mol. The Bertz CT molecular complexity index is 321. The fraction of sp³-hybridized carbons (Fsp3) is 0.750. The second-order valence-electron chi connectivity index (χ2n) is 2.83. The predicted octanol–water partition coefficient (Wildman–Crippen LogP) is 1.38. The topological polar surface area (TPSA) is 60.4 Å². The van der Waals surface area contributed by atoms with Gasteiger partial charge in [0.05, 0.1) is 0 Å². The van der Waals surface area contributed by atoms with E-state index in [9.17, 15) is 13.0 Å². The van der Waals surface area contributed by atoms with E-state index in [0.29, 0.717) is 0 Å². The van der Waals surface area contributed by atoms with Crippen molar-refractivity contribution in [2.24, 2.45) is 0 Å². The van der Waals surface area contributed by atoms with Gasteiger partial charge >= 0.3 is 67.8 Å². The third-order valence-electron chi connectivity index (χ3n) is 0.509. The van der Waals surface area contributed by atoms with Crippen LogP contribution < -0.4 is 0 Å². The summed E-state index contributed by atoms with van der Waals surface area (Å²) in [6, 6.07) is 0. The summed E-state index contributed by atoms with van der Waals surface area (Å²) in [4.78, 5) is 1.68. The third kappa shape index (κ3) is 6.53. The number of hydrogen-bond donors (Lipinski definition) is 0. The van der Waals surface area contributed by atoms with Crippen molar-refractivity contribution in [3.63, 3.8) is 0 Å². The van der Waals surface area contributed by atoms with E-state index in [2.05, 4.69) is 3.87 Å². The molecular weight excluding hydrogens is 203 g/mol. The van der Waals surface area contributed by atoms with Crippen molar-refractivity contribution in [1.29, 1.82) is 0 Å². The molecule has 0 aliphatic carbocycles. The molecule has 0 spiro atoms. The van der Waals surface area contributed by atoms with E-state index < -0.39 is 26.4 Å². The summed E-state index contributed by atoms with van der Waals surface area (Å²) in [7, 11) is -6.59. The average Bonchev–Trinajstić information content (AvgIpc) is 1.55. The summed E-state index contributed by atoms with van der Waals surface area (Å²) in [6.07, 6.45) is 0. The fourth-order valence-corrected chi connectivity index (χ4v) is 3.88. The summed E-state index contributed by atoms with van der Waals surface area (Å²) in [5.41, 5.74) is 0. The van der Waals surface area contributed by atoms with Crippen molar-refractivity contribution in [2.75, 3.05) is 0 Å². The normalized spacial score (nSPS) is 12.3. The van der Waals surface area contributed by atoms with Gasteiger partial charge in [-0.15, -0.1) is 0 Å². The Morgan fingerprint density at radius 3 is 2.09 bits per heavy atom. The third-order valence-corrected chi connectivity index (χ3v) is 4.58. The summed E-state index contributed by atoms with van der Waals surface area (Å²) in [5, 5.41) is 0. The number of hydrogen-bond acceptors (Lipinski definition) is 4. The van der Waals surface area contributed by atoms with Crippen LogP contribution in [0.15, 0.2) is 0 Å². The molecule has 0 amide bonds. The van der Waals surface area contributed by atoms with Crippen molar-refractivity contribution in [1.82, 2.24) is 0 Å². The van der Waals surface area contributed by atoms with Gasteiger partial charge in [-0.1, -0.05) is 0 Å². The molecule has 0 bridgehead atoms. The maximum atomic E-state index is 10.7. The van der Waals surface area contributed by atoms with Gasteiger partial charge in [0.2, 0.25) is 0 Å². The Morgan fingerprint density at radius 1 is 1.36 bits per heavy atom. The monoisotopic (exact) mass is 212 g/mol. The first-order valence-corrected chi connectivity index (χ1v) is 8.44. The van der Waals surface area contributed by atoms with Crippen molar-refractivity contribution in [3.8, 4) is 4.96 Å². The molecule has 11 heavy (non-hydrogen) atoms. The Morgan fingerprint density at radius 2 is 1.82 bits per heavy atom. The van der Waals surface area contributed by atoms with Gasteiger partial charge in [-0.25, -0.2) is 0 Å². The van der Waals surface area contributed by atoms with E-state index in [1.54, 1.807) is 24.6 Å². The van der Waals surface area contributed by atoms with Gasteiger partial charge < -0.3 is 0 Å². The molecule has 0 radical (unpaired) electrons. The molecule has 0 saturated heterocycles. The van der Waals surface area contributed by atoms with Crippen molar-refractivity contribution >= 4 is 26.4 Å². The van der Waals surface area contributed by atoms with E-state index >= 15 is 0 Å². The molecule has 0 aromatic heterocycles. The van der Waals surface area contributed by atoms with Crippen LogP contribution in [0.1, 0.15) is 0 Å². The van der Waals surface area contributed by atoms with Crippen LogP contribution in [0.4, 0.5) is 0 Å². The van der Waals surface area contributed by atoms with Crippen LogP contribution in [-0.4, -0.2) is 16.7 Å². The molecule has 0 N–H and O–H groups in total. The predicted molar refractivity (Wildman–Crippen MR) is 44.8 cm³/mol. The zero-order valence-corrected chi connectivity index (χ0v) is 9.20. The Hall–Kier alpha value is 0.137. The number of rotatable bonds is 2. The Balaban J connectivity index is 4.62. The van der Waals surface area contributed by atoms with Crippen LogP contribution in [-0.2, 0) is 18.6 Å². The van der Waals surface area contributed by atoms with Gasteiger partial charge in [0.1, 0.15) is 0 Å². The van der Waals surface area contributed by atoms with E-state index in [-0.39, 0.29) is 0 Å². The van der Waals surface area contributed by atoms with E-state index in [4.69, 9.17) is 0 Å². The summed E-state index contributed by atoms with van der Waals surface area (Å²) in [6.45, 7) is 5.15. The first-order chi connectivity index (χ1) is 4.77. The molecule has 0 heterocycles. The van der Waals surface area contributed by atoms with Crippen LogP contribution >= 0.6 is 7.92 Å². The maximum absolute atomic E-state index is 10.7. The minimum absolute atomic E-state index is 0.669. The molecule has 0 aromatic carbocycles. The van der Waals surface area contributed by atoms with Gasteiger partial charge in [-0.05, 0) is 0 Å². The van der Waals surface area contributed by atoms with Gasteiger partial charge in [-0.2, -0.15) is 0 Å². The van der Waals surface area contributed by atoms with Crippen molar-refractivity contribution < 1.29 is 16.9 Å². The van der Waals surface area contributed by atoms with Crippen LogP contribution in [0.3, 0.4) is 0 Å². The molecule has 0 fully saturated rings. The molecule has 0 unspecified atom stereocenters. The first-order valence-electron chi connectivity index (χ1n) is 2.81. The molecule has 0 rings (SSSR count). The van der Waals surface area contributed by atoms with E-state index in [0.717, 1.165) is 0 Å². The molecule has 0 saturated carbocycles. The molecule has 0 aliphatic rings. The van der Waals surface area contributed by atoms with E-state index in [1.807, 2.05) is 0 Å².